The highest BCUT2D eigenvalue weighted by atomic mass is 16.4. The van der Waals surface area contributed by atoms with E-state index in [2.05, 4.69) is 5.32 Å². The van der Waals surface area contributed by atoms with Gasteiger partial charge in [0.2, 0.25) is 5.91 Å². The molecule has 0 aromatic heterocycles. The molecule has 0 aliphatic carbocycles. The molecule has 1 aliphatic rings. The zero-order valence-electron chi connectivity index (χ0n) is 9.44. The zero-order chi connectivity index (χ0) is 13.2. The summed E-state index contributed by atoms with van der Waals surface area (Å²) in [5.41, 5.74) is 0.613. The van der Waals surface area contributed by atoms with E-state index >= 15 is 0 Å². The lowest BCUT2D eigenvalue weighted by Gasteiger charge is -2.13. The maximum absolute atomic E-state index is 11.6. The fourth-order valence-corrected chi connectivity index (χ4v) is 1.34. The van der Waals surface area contributed by atoms with Crippen LogP contribution in [0.4, 0.5) is 0 Å². The number of carboxylic acids is 1. The van der Waals surface area contributed by atoms with Crippen molar-refractivity contribution in [1.82, 2.24) is 10.2 Å². The average molecular weight is 240 g/mol. The number of carbonyl (C=O) groups is 4. The molecule has 0 radical (unpaired) electrons. The third kappa shape index (κ3) is 2.68. The molecule has 0 saturated heterocycles. The number of hydrogen-bond donors (Lipinski definition) is 2. The van der Waals surface area contributed by atoms with Gasteiger partial charge in [0.05, 0.1) is 0 Å². The van der Waals surface area contributed by atoms with Gasteiger partial charge >= 0.3 is 5.97 Å². The standard InChI is InChI=1S/C10H12N2O5/c1-5-6(2)10(17)12(9(5)16)4-7(13)11-3-8(14)15/h3-4H2,1-2H3,(H,11,13)(H,14,15). The van der Waals surface area contributed by atoms with Crippen molar-refractivity contribution in [2.75, 3.05) is 13.1 Å². The Balaban J connectivity index is 2.60. The molecule has 0 saturated carbocycles. The van der Waals surface area contributed by atoms with Gasteiger partial charge in [0.15, 0.2) is 0 Å². The van der Waals surface area contributed by atoms with Crippen molar-refractivity contribution in [2.45, 2.75) is 13.8 Å². The van der Waals surface area contributed by atoms with Crippen LogP contribution in [0.15, 0.2) is 11.1 Å². The first kappa shape index (κ1) is 12.9. The Morgan fingerprint density at radius 1 is 1.18 bits per heavy atom. The molecular weight excluding hydrogens is 228 g/mol. The lowest BCUT2D eigenvalue weighted by molar-refractivity contribution is -0.142. The minimum absolute atomic E-state index is 0.307. The van der Waals surface area contributed by atoms with Crippen molar-refractivity contribution >= 4 is 23.7 Å². The van der Waals surface area contributed by atoms with Gasteiger partial charge < -0.3 is 10.4 Å². The topological polar surface area (TPSA) is 104 Å². The van der Waals surface area contributed by atoms with Crippen LogP contribution in [-0.2, 0) is 19.2 Å². The van der Waals surface area contributed by atoms with Gasteiger partial charge in [-0.3, -0.25) is 24.1 Å². The number of aliphatic carboxylic acids is 1. The highest BCUT2D eigenvalue weighted by Crippen LogP contribution is 2.18. The summed E-state index contributed by atoms with van der Waals surface area (Å²) in [5.74, 6) is -2.91. The maximum atomic E-state index is 11.6. The number of imide groups is 1. The van der Waals surface area contributed by atoms with E-state index in [4.69, 9.17) is 5.11 Å². The lowest BCUT2D eigenvalue weighted by Crippen LogP contribution is -2.42. The van der Waals surface area contributed by atoms with Crippen LogP contribution in [0.5, 0.6) is 0 Å². The minimum Gasteiger partial charge on any atom is -0.480 e. The molecule has 1 rings (SSSR count). The van der Waals surface area contributed by atoms with Gasteiger partial charge in [-0.2, -0.15) is 0 Å². The Labute approximate surface area is 97.1 Å². The molecule has 7 nitrogen and oxygen atoms in total. The number of nitrogens with one attached hydrogen (secondary N) is 1. The Kier molecular flexibility index (Phi) is 3.62. The highest BCUT2D eigenvalue weighted by molar-refractivity contribution is 6.19. The van der Waals surface area contributed by atoms with Crippen LogP contribution < -0.4 is 5.32 Å². The molecule has 1 aliphatic heterocycles. The van der Waals surface area contributed by atoms with Crippen LogP contribution in [-0.4, -0.2) is 46.8 Å². The Bertz CT molecular complexity index is 414. The Morgan fingerprint density at radius 2 is 1.65 bits per heavy atom. The van der Waals surface area contributed by atoms with E-state index in [9.17, 15) is 19.2 Å². The molecule has 3 amide bonds. The zero-order valence-corrected chi connectivity index (χ0v) is 9.44. The van der Waals surface area contributed by atoms with Gasteiger partial charge in [0, 0.05) is 11.1 Å². The molecule has 0 aromatic carbocycles. The second kappa shape index (κ2) is 4.77. The van der Waals surface area contributed by atoms with E-state index < -0.39 is 36.8 Å². The molecule has 2 N–H and O–H groups in total. The van der Waals surface area contributed by atoms with Crippen LogP contribution in [0, 0.1) is 0 Å². The molecular formula is C10H12N2O5. The van der Waals surface area contributed by atoms with Crippen molar-refractivity contribution in [3.8, 4) is 0 Å². The Hall–Kier alpha value is -2.18. The molecule has 0 fully saturated rings. The fraction of sp³-hybridized carbons (Fsp3) is 0.400. The number of nitrogens with zero attached hydrogens (tertiary/aromatic N) is 1. The quantitative estimate of drug-likeness (QED) is 0.606. The second-order valence-corrected chi connectivity index (χ2v) is 3.62. The van der Waals surface area contributed by atoms with Crippen LogP contribution in [0.1, 0.15) is 13.8 Å². The number of amides is 3. The molecule has 0 aromatic rings. The molecule has 0 unspecified atom stereocenters. The van der Waals surface area contributed by atoms with E-state index in [0.29, 0.717) is 11.1 Å². The normalized spacial score (nSPS) is 15.5. The summed E-state index contributed by atoms with van der Waals surface area (Å²) >= 11 is 0. The number of hydrogen-bond acceptors (Lipinski definition) is 4. The highest BCUT2D eigenvalue weighted by Gasteiger charge is 2.34. The van der Waals surface area contributed by atoms with Crippen molar-refractivity contribution in [3.05, 3.63) is 11.1 Å². The summed E-state index contributed by atoms with van der Waals surface area (Å²) < 4.78 is 0. The average Bonchev–Trinajstić information content (AvgIpc) is 2.44. The maximum Gasteiger partial charge on any atom is 0.322 e. The fourth-order valence-electron chi connectivity index (χ4n) is 1.34. The van der Waals surface area contributed by atoms with Crippen LogP contribution in [0.3, 0.4) is 0 Å². The SMILES string of the molecule is CC1=C(C)C(=O)N(CC(=O)NCC(=O)O)C1=O. The van der Waals surface area contributed by atoms with E-state index in [1.807, 2.05) is 0 Å². The predicted octanol–water partition coefficient (Wildman–Crippen LogP) is -1.11. The number of carbonyl (C=O) groups excluding carboxylic acids is 3. The van der Waals surface area contributed by atoms with Crippen molar-refractivity contribution in [2.24, 2.45) is 0 Å². The number of rotatable bonds is 4. The van der Waals surface area contributed by atoms with Crippen LogP contribution >= 0.6 is 0 Å². The molecule has 0 atom stereocenters. The first-order valence-electron chi connectivity index (χ1n) is 4.86. The largest absolute Gasteiger partial charge is 0.480 e. The molecule has 92 valence electrons. The van der Waals surface area contributed by atoms with Gasteiger partial charge in [0.1, 0.15) is 13.1 Å². The molecule has 17 heavy (non-hydrogen) atoms. The molecule has 0 bridgehead atoms. The summed E-state index contributed by atoms with van der Waals surface area (Å²) in [6.45, 7) is 2.01. The van der Waals surface area contributed by atoms with E-state index in [1.165, 1.54) is 13.8 Å². The first-order valence-corrected chi connectivity index (χ1v) is 4.86. The summed E-state index contributed by atoms with van der Waals surface area (Å²) in [4.78, 5) is 45.4. The molecule has 1 heterocycles. The Morgan fingerprint density at radius 3 is 2.06 bits per heavy atom. The minimum atomic E-state index is -1.19. The van der Waals surface area contributed by atoms with Crippen molar-refractivity contribution < 1.29 is 24.3 Å². The smallest absolute Gasteiger partial charge is 0.322 e. The van der Waals surface area contributed by atoms with E-state index in [-0.39, 0.29) is 0 Å². The van der Waals surface area contributed by atoms with E-state index in [0.717, 1.165) is 4.90 Å². The molecule has 7 heteroatoms. The van der Waals surface area contributed by atoms with Gasteiger partial charge in [-0.1, -0.05) is 0 Å². The van der Waals surface area contributed by atoms with Gasteiger partial charge in [-0.25, -0.2) is 0 Å². The van der Waals surface area contributed by atoms with E-state index in [1.54, 1.807) is 0 Å². The molecule has 0 spiro atoms. The number of carboxylic acid groups (broad SMARTS) is 1. The van der Waals surface area contributed by atoms with Crippen molar-refractivity contribution in [3.63, 3.8) is 0 Å². The first-order chi connectivity index (χ1) is 7.84. The van der Waals surface area contributed by atoms with Crippen LogP contribution in [0.2, 0.25) is 0 Å². The van der Waals surface area contributed by atoms with Gasteiger partial charge in [-0.15, -0.1) is 0 Å². The van der Waals surface area contributed by atoms with Gasteiger partial charge in [-0.05, 0) is 13.8 Å². The van der Waals surface area contributed by atoms with Gasteiger partial charge in [0.25, 0.3) is 11.8 Å². The third-order valence-corrected chi connectivity index (χ3v) is 2.43. The van der Waals surface area contributed by atoms with Crippen molar-refractivity contribution in [1.29, 1.82) is 0 Å². The van der Waals surface area contributed by atoms with Crippen LogP contribution in [0.25, 0.3) is 0 Å². The summed E-state index contributed by atoms with van der Waals surface area (Å²) in [7, 11) is 0. The summed E-state index contributed by atoms with van der Waals surface area (Å²) in [5, 5.41) is 10.4. The summed E-state index contributed by atoms with van der Waals surface area (Å²) in [6, 6.07) is 0. The third-order valence-electron chi connectivity index (χ3n) is 2.43. The predicted molar refractivity (Wildman–Crippen MR) is 55.7 cm³/mol. The second-order valence-electron chi connectivity index (χ2n) is 3.62. The monoisotopic (exact) mass is 240 g/mol. The lowest BCUT2D eigenvalue weighted by atomic mass is 10.2. The summed E-state index contributed by atoms with van der Waals surface area (Å²) in [6.07, 6.45) is 0.